The van der Waals surface area contributed by atoms with Gasteiger partial charge in [-0.05, 0) is 24.6 Å². The number of rotatable bonds is 6. The monoisotopic (exact) mass is 441 g/mol. The summed E-state index contributed by atoms with van der Waals surface area (Å²) in [4.78, 5) is 20.8. The fraction of sp³-hybridized carbons (Fsp3) is 0.304. The van der Waals surface area contributed by atoms with Crippen LogP contribution in [0.5, 0.6) is 0 Å². The van der Waals surface area contributed by atoms with E-state index in [1.54, 1.807) is 0 Å². The number of benzene rings is 2. The third kappa shape index (κ3) is 5.08. The first-order valence-electron chi connectivity index (χ1n) is 9.99. The van der Waals surface area contributed by atoms with Crippen LogP contribution in [0.3, 0.4) is 0 Å². The number of carbonyl (C=O) groups is 1. The maximum Gasteiger partial charge on any atom is 0.263 e. The Labute approximate surface area is 185 Å². The maximum absolute atomic E-state index is 13.2. The molecule has 0 saturated carbocycles. The van der Waals surface area contributed by atoms with Crippen molar-refractivity contribution in [3.05, 3.63) is 75.8 Å². The Bertz CT molecular complexity index is 985. The molecule has 1 aliphatic rings. The van der Waals surface area contributed by atoms with E-state index >= 15 is 0 Å². The number of halogens is 1. The summed E-state index contributed by atoms with van der Waals surface area (Å²) in [6.07, 6.45) is 0. The van der Waals surface area contributed by atoms with E-state index < -0.39 is 0 Å². The van der Waals surface area contributed by atoms with Crippen molar-refractivity contribution in [3.8, 4) is 10.6 Å². The molecule has 1 aliphatic heterocycles. The lowest BCUT2D eigenvalue weighted by Gasteiger charge is -2.31. The van der Waals surface area contributed by atoms with Crippen LogP contribution in [0.15, 0.2) is 54.6 Å². The van der Waals surface area contributed by atoms with Gasteiger partial charge in [0.2, 0.25) is 0 Å². The molecule has 3 aromatic rings. The average Bonchev–Trinajstić information content (AvgIpc) is 3.17. The fourth-order valence-corrected chi connectivity index (χ4v) is 4.61. The quantitative estimate of drug-likeness (QED) is 0.608. The standard InChI is InChI=1S/C23H24ClN3O2S/c1-16-21(30-23(25-16)18-7-9-19(24)10-8-18)22(28)26-20(17-5-3-2-4-6-17)15-27-11-13-29-14-12-27/h2-10,20H,11-15H2,1H3,(H,26,28)/t20-/m0/s1. The van der Waals surface area contributed by atoms with Crippen molar-refractivity contribution >= 4 is 28.8 Å². The molecule has 0 aliphatic carbocycles. The van der Waals surface area contributed by atoms with Gasteiger partial charge in [-0.25, -0.2) is 4.98 Å². The number of morpholine rings is 1. The van der Waals surface area contributed by atoms with Gasteiger partial charge < -0.3 is 10.1 Å². The number of aromatic nitrogens is 1. The van der Waals surface area contributed by atoms with Crippen LogP contribution in [0.1, 0.15) is 27.0 Å². The molecule has 30 heavy (non-hydrogen) atoms. The number of thiazole rings is 1. The van der Waals surface area contributed by atoms with E-state index in [1.807, 2.05) is 49.4 Å². The zero-order valence-electron chi connectivity index (χ0n) is 16.8. The molecule has 0 spiro atoms. The maximum atomic E-state index is 13.2. The normalized spacial score (nSPS) is 15.7. The number of hydrogen-bond acceptors (Lipinski definition) is 5. The smallest absolute Gasteiger partial charge is 0.263 e. The molecule has 0 bridgehead atoms. The Kier molecular flexibility index (Phi) is 6.79. The molecular formula is C23H24ClN3O2S. The number of nitrogens with one attached hydrogen (secondary N) is 1. The van der Waals surface area contributed by atoms with E-state index in [9.17, 15) is 4.79 Å². The molecule has 1 saturated heterocycles. The highest BCUT2D eigenvalue weighted by molar-refractivity contribution is 7.17. The third-order valence-electron chi connectivity index (χ3n) is 5.15. The van der Waals surface area contributed by atoms with Gasteiger partial charge in [-0.2, -0.15) is 0 Å². The van der Waals surface area contributed by atoms with E-state index in [2.05, 4.69) is 27.3 Å². The Morgan fingerprint density at radius 1 is 1.17 bits per heavy atom. The lowest BCUT2D eigenvalue weighted by Crippen LogP contribution is -2.43. The number of carbonyl (C=O) groups excluding carboxylic acids is 1. The van der Waals surface area contributed by atoms with Crippen molar-refractivity contribution in [2.75, 3.05) is 32.8 Å². The largest absolute Gasteiger partial charge is 0.379 e. The summed E-state index contributed by atoms with van der Waals surface area (Å²) in [7, 11) is 0. The van der Waals surface area contributed by atoms with Crippen molar-refractivity contribution < 1.29 is 9.53 Å². The minimum atomic E-state index is -0.0997. The summed E-state index contributed by atoms with van der Waals surface area (Å²) in [5.74, 6) is -0.0904. The molecule has 156 valence electrons. The van der Waals surface area contributed by atoms with E-state index in [0.717, 1.165) is 54.7 Å². The van der Waals surface area contributed by atoms with E-state index in [0.29, 0.717) is 9.90 Å². The number of amides is 1. The molecule has 1 amide bonds. The highest BCUT2D eigenvalue weighted by atomic mass is 35.5. The molecule has 1 atom stereocenters. The van der Waals surface area contributed by atoms with Gasteiger partial charge in [-0.15, -0.1) is 11.3 Å². The fourth-order valence-electron chi connectivity index (χ4n) is 3.51. The molecule has 0 radical (unpaired) electrons. The van der Waals surface area contributed by atoms with Crippen LogP contribution in [-0.4, -0.2) is 48.6 Å². The topological polar surface area (TPSA) is 54.5 Å². The van der Waals surface area contributed by atoms with E-state index in [-0.39, 0.29) is 11.9 Å². The van der Waals surface area contributed by atoms with Gasteiger partial charge in [-0.1, -0.05) is 54.1 Å². The van der Waals surface area contributed by atoms with Crippen LogP contribution >= 0.6 is 22.9 Å². The van der Waals surface area contributed by atoms with E-state index in [1.165, 1.54) is 11.3 Å². The molecule has 1 aromatic heterocycles. The molecule has 2 heterocycles. The van der Waals surface area contributed by atoms with Gasteiger partial charge >= 0.3 is 0 Å². The van der Waals surface area contributed by atoms with Gasteiger partial charge in [-0.3, -0.25) is 9.69 Å². The minimum absolute atomic E-state index is 0.0904. The van der Waals surface area contributed by atoms with Crippen LogP contribution < -0.4 is 5.32 Å². The zero-order chi connectivity index (χ0) is 20.9. The summed E-state index contributed by atoms with van der Waals surface area (Å²) < 4.78 is 5.46. The summed E-state index contributed by atoms with van der Waals surface area (Å²) >= 11 is 7.40. The van der Waals surface area contributed by atoms with Crippen molar-refractivity contribution in [2.24, 2.45) is 0 Å². The predicted octanol–water partition coefficient (Wildman–Crippen LogP) is 4.58. The van der Waals surface area contributed by atoms with Crippen LogP contribution in [0, 0.1) is 6.92 Å². The molecule has 0 unspecified atom stereocenters. The van der Waals surface area contributed by atoms with Crippen LogP contribution in [0.25, 0.3) is 10.6 Å². The summed E-state index contributed by atoms with van der Waals surface area (Å²) in [6.45, 7) is 5.84. The van der Waals surface area contributed by atoms with Crippen molar-refractivity contribution in [3.63, 3.8) is 0 Å². The molecule has 5 nitrogen and oxygen atoms in total. The molecular weight excluding hydrogens is 418 g/mol. The number of nitrogens with zero attached hydrogens (tertiary/aromatic N) is 2. The van der Waals surface area contributed by atoms with Crippen molar-refractivity contribution in [1.82, 2.24) is 15.2 Å². The summed E-state index contributed by atoms with van der Waals surface area (Å²) in [6, 6.07) is 17.5. The highest BCUT2D eigenvalue weighted by Crippen LogP contribution is 2.29. The zero-order valence-corrected chi connectivity index (χ0v) is 18.4. The first-order chi connectivity index (χ1) is 14.6. The lowest BCUT2D eigenvalue weighted by atomic mass is 10.1. The first kappa shape index (κ1) is 21.0. The summed E-state index contributed by atoms with van der Waals surface area (Å²) in [5.41, 5.74) is 2.79. The Balaban J connectivity index is 1.54. The number of hydrogen-bond donors (Lipinski definition) is 1. The number of ether oxygens (including phenoxy) is 1. The van der Waals surface area contributed by atoms with Crippen molar-refractivity contribution in [1.29, 1.82) is 0 Å². The molecule has 7 heteroatoms. The number of aryl methyl sites for hydroxylation is 1. The molecule has 1 fully saturated rings. The van der Waals surface area contributed by atoms with E-state index in [4.69, 9.17) is 16.3 Å². The SMILES string of the molecule is Cc1nc(-c2ccc(Cl)cc2)sc1C(=O)N[C@@H](CN1CCOCC1)c1ccccc1. The Morgan fingerprint density at radius 3 is 2.57 bits per heavy atom. The van der Waals surface area contributed by atoms with Crippen molar-refractivity contribution in [2.45, 2.75) is 13.0 Å². The Morgan fingerprint density at radius 2 is 1.87 bits per heavy atom. The summed E-state index contributed by atoms with van der Waals surface area (Å²) in [5, 5.41) is 4.74. The highest BCUT2D eigenvalue weighted by Gasteiger charge is 2.23. The predicted molar refractivity (Wildman–Crippen MR) is 121 cm³/mol. The molecule has 4 rings (SSSR count). The second kappa shape index (κ2) is 9.71. The molecule has 2 aromatic carbocycles. The third-order valence-corrected chi connectivity index (χ3v) is 6.60. The van der Waals surface area contributed by atoms with Crippen LogP contribution in [0.2, 0.25) is 5.02 Å². The van der Waals surface area contributed by atoms with Gasteiger partial charge in [0.25, 0.3) is 5.91 Å². The van der Waals surface area contributed by atoms with Gasteiger partial charge in [0.1, 0.15) is 9.88 Å². The van der Waals surface area contributed by atoms with Gasteiger partial charge in [0.05, 0.1) is 24.9 Å². The molecule has 1 N–H and O–H groups in total. The second-order valence-corrected chi connectivity index (χ2v) is 8.73. The minimum Gasteiger partial charge on any atom is -0.379 e. The van der Waals surface area contributed by atoms with Crippen LogP contribution in [0.4, 0.5) is 0 Å². The lowest BCUT2D eigenvalue weighted by molar-refractivity contribution is 0.0332. The van der Waals surface area contributed by atoms with Crippen LogP contribution in [-0.2, 0) is 4.74 Å². The van der Waals surface area contributed by atoms with Gasteiger partial charge in [0.15, 0.2) is 0 Å². The average molecular weight is 442 g/mol. The van der Waals surface area contributed by atoms with Gasteiger partial charge in [0, 0.05) is 30.2 Å². The second-order valence-electron chi connectivity index (χ2n) is 7.29. The Hall–Kier alpha value is -2.25. The first-order valence-corrected chi connectivity index (χ1v) is 11.2.